The van der Waals surface area contributed by atoms with Crippen molar-refractivity contribution < 1.29 is 9.53 Å². The average Bonchev–Trinajstić information content (AvgIpc) is 2.18. The number of carbonyl (C=O) groups excluding carboxylic acids is 1. The van der Waals surface area contributed by atoms with E-state index in [2.05, 4.69) is 0 Å². The average molecular weight is 245 g/mol. The van der Waals surface area contributed by atoms with Crippen LogP contribution in [0.3, 0.4) is 0 Å². The summed E-state index contributed by atoms with van der Waals surface area (Å²) >= 11 is 11.7. The Labute approximate surface area is 98.4 Å². The Balaban J connectivity index is 2.91. The summed E-state index contributed by atoms with van der Waals surface area (Å²) in [5.74, 6) is -0.265. The van der Waals surface area contributed by atoms with Gasteiger partial charge >= 0.3 is 0 Å². The highest BCUT2D eigenvalue weighted by atomic mass is 35.5. The van der Waals surface area contributed by atoms with Crippen LogP contribution in [0.15, 0.2) is 30.5 Å². The Bertz CT molecular complexity index is 366. The molecule has 0 unspecified atom stereocenters. The molecule has 0 heterocycles. The Kier molecular flexibility index (Phi) is 4.66. The summed E-state index contributed by atoms with van der Waals surface area (Å²) in [5.41, 5.74) is 0.303. The first-order valence-corrected chi connectivity index (χ1v) is 5.19. The van der Waals surface area contributed by atoms with Gasteiger partial charge in [0.1, 0.15) is 0 Å². The maximum atomic E-state index is 11.6. The van der Waals surface area contributed by atoms with Crippen molar-refractivity contribution in [2.75, 3.05) is 6.61 Å². The van der Waals surface area contributed by atoms with Crippen molar-refractivity contribution in [3.63, 3.8) is 0 Å². The minimum atomic E-state index is -0.265. The fourth-order valence-corrected chi connectivity index (χ4v) is 1.61. The predicted octanol–water partition coefficient (Wildman–Crippen LogP) is 3.73. The van der Waals surface area contributed by atoms with Gasteiger partial charge in [0.2, 0.25) is 0 Å². The summed E-state index contributed by atoms with van der Waals surface area (Å²) in [4.78, 5) is 11.6. The van der Waals surface area contributed by atoms with Gasteiger partial charge in [-0.25, -0.2) is 0 Å². The number of allylic oxidation sites excluding steroid dienone is 1. The van der Waals surface area contributed by atoms with Crippen molar-refractivity contribution in [2.45, 2.75) is 6.92 Å². The Morgan fingerprint density at radius 3 is 2.53 bits per heavy atom. The number of benzene rings is 1. The molecular formula is C11H10Cl2O2. The Morgan fingerprint density at radius 1 is 1.40 bits per heavy atom. The number of hydrogen-bond acceptors (Lipinski definition) is 2. The highest BCUT2D eigenvalue weighted by molar-refractivity contribution is 6.40. The molecule has 80 valence electrons. The number of carbonyl (C=O) groups is 1. The van der Waals surface area contributed by atoms with Gasteiger partial charge in [0.15, 0.2) is 5.78 Å². The molecule has 0 saturated carbocycles. The van der Waals surface area contributed by atoms with E-state index in [1.807, 2.05) is 6.92 Å². The second kappa shape index (κ2) is 5.79. The zero-order valence-electron chi connectivity index (χ0n) is 8.17. The zero-order valence-corrected chi connectivity index (χ0v) is 9.68. The first-order valence-electron chi connectivity index (χ1n) is 4.43. The number of halogens is 2. The maximum absolute atomic E-state index is 11.6. The lowest BCUT2D eigenvalue weighted by molar-refractivity contribution is 0.104. The molecule has 0 saturated heterocycles. The number of hydrogen-bond donors (Lipinski definition) is 0. The summed E-state index contributed by atoms with van der Waals surface area (Å²) in [6.07, 6.45) is 2.64. The van der Waals surface area contributed by atoms with Crippen molar-refractivity contribution in [3.8, 4) is 0 Å². The normalized spacial score (nSPS) is 10.6. The van der Waals surface area contributed by atoms with Gasteiger partial charge in [0.05, 0.1) is 28.5 Å². The molecule has 1 aromatic rings. The highest BCUT2D eigenvalue weighted by Crippen LogP contribution is 2.24. The van der Waals surface area contributed by atoms with Crippen LogP contribution >= 0.6 is 23.2 Å². The van der Waals surface area contributed by atoms with E-state index in [1.54, 1.807) is 18.2 Å². The molecule has 0 aromatic heterocycles. The van der Waals surface area contributed by atoms with E-state index in [1.165, 1.54) is 12.3 Å². The molecule has 0 aliphatic rings. The van der Waals surface area contributed by atoms with Crippen LogP contribution in [0.2, 0.25) is 10.0 Å². The second-order valence-corrected chi connectivity index (χ2v) is 3.53. The first kappa shape index (κ1) is 12.1. The van der Waals surface area contributed by atoms with E-state index < -0.39 is 0 Å². The molecule has 0 aliphatic carbocycles. The molecular weight excluding hydrogens is 235 g/mol. The molecule has 0 fully saturated rings. The van der Waals surface area contributed by atoms with Crippen molar-refractivity contribution in [3.05, 3.63) is 46.1 Å². The van der Waals surface area contributed by atoms with Crippen LogP contribution < -0.4 is 0 Å². The minimum absolute atomic E-state index is 0.265. The third kappa shape index (κ3) is 3.26. The lowest BCUT2D eigenvalue weighted by Crippen LogP contribution is -1.97. The molecule has 2 nitrogen and oxygen atoms in total. The fraction of sp³-hybridized carbons (Fsp3) is 0.182. The van der Waals surface area contributed by atoms with Gasteiger partial charge < -0.3 is 4.74 Å². The Hall–Kier alpha value is -0.990. The van der Waals surface area contributed by atoms with E-state index in [4.69, 9.17) is 27.9 Å². The largest absolute Gasteiger partial charge is 0.501 e. The maximum Gasteiger partial charge on any atom is 0.191 e. The van der Waals surface area contributed by atoms with Crippen LogP contribution in [-0.2, 0) is 4.74 Å². The topological polar surface area (TPSA) is 26.3 Å². The van der Waals surface area contributed by atoms with Crippen molar-refractivity contribution in [2.24, 2.45) is 0 Å². The molecule has 0 bridgehead atoms. The van der Waals surface area contributed by atoms with Gasteiger partial charge in [-0.15, -0.1) is 0 Å². The molecule has 0 spiro atoms. The van der Waals surface area contributed by atoms with Crippen LogP contribution in [0.1, 0.15) is 17.3 Å². The summed E-state index contributed by atoms with van der Waals surface area (Å²) < 4.78 is 4.92. The van der Waals surface area contributed by atoms with Gasteiger partial charge in [0.25, 0.3) is 0 Å². The predicted molar refractivity (Wildman–Crippen MR) is 61.6 cm³/mol. The van der Waals surface area contributed by atoms with Crippen LogP contribution in [0.25, 0.3) is 0 Å². The third-order valence-corrected chi connectivity index (χ3v) is 2.32. The smallest absolute Gasteiger partial charge is 0.191 e. The van der Waals surface area contributed by atoms with Crippen LogP contribution in [-0.4, -0.2) is 12.4 Å². The van der Waals surface area contributed by atoms with Crippen molar-refractivity contribution in [1.82, 2.24) is 0 Å². The lowest BCUT2D eigenvalue weighted by atomic mass is 10.1. The lowest BCUT2D eigenvalue weighted by Gasteiger charge is -2.02. The first-order chi connectivity index (χ1) is 7.16. The Morgan fingerprint density at radius 2 is 2.00 bits per heavy atom. The van der Waals surface area contributed by atoms with Crippen LogP contribution in [0.5, 0.6) is 0 Å². The van der Waals surface area contributed by atoms with E-state index in [0.717, 1.165) is 0 Å². The molecule has 0 aliphatic heterocycles. The molecule has 0 amide bonds. The third-order valence-electron chi connectivity index (χ3n) is 1.69. The molecule has 15 heavy (non-hydrogen) atoms. The number of ketones is 1. The van der Waals surface area contributed by atoms with Gasteiger partial charge in [-0.1, -0.05) is 29.3 Å². The molecule has 4 heteroatoms. The molecule has 0 atom stereocenters. The highest BCUT2D eigenvalue weighted by Gasteiger charge is 2.11. The molecule has 0 radical (unpaired) electrons. The second-order valence-electron chi connectivity index (χ2n) is 2.72. The van der Waals surface area contributed by atoms with Gasteiger partial charge in [-0.3, -0.25) is 4.79 Å². The summed E-state index contributed by atoms with van der Waals surface area (Å²) in [5, 5.41) is 0.683. The van der Waals surface area contributed by atoms with E-state index in [9.17, 15) is 4.79 Å². The van der Waals surface area contributed by atoms with E-state index in [0.29, 0.717) is 22.2 Å². The van der Waals surface area contributed by atoms with Crippen LogP contribution in [0.4, 0.5) is 0 Å². The zero-order chi connectivity index (χ0) is 11.3. The standard InChI is InChI=1S/C11H10Cl2O2/c1-2-15-7-6-10(14)11-8(12)4-3-5-9(11)13/h3-7H,2H2,1H3/b7-6+. The van der Waals surface area contributed by atoms with Gasteiger partial charge in [-0.05, 0) is 19.1 Å². The summed E-state index contributed by atoms with van der Waals surface area (Å²) in [7, 11) is 0. The molecule has 1 rings (SSSR count). The summed E-state index contributed by atoms with van der Waals surface area (Å²) in [6.45, 7) is 2.34. The number of rotatable bonds is 4. The van der Waals surface area contributed by atoms with E-state index >= 15 is 0 Å². The number of ether oxygens (including phenoxy) is 1. The quantitative estimate of drug-likeness (QED) is 0.459. The minimum Gasteiger partial charge on any atom is -0.501 e. The van der Waals surface area contributed by atoms with Gasteiger partial charge in [0, 0.05) is 6.08 Å². The fourth-order valence-electron chi connectivity index (χ4n) is 1.02. The van der Waals surface area contributed by atoms with Crippen molar-refractivity contribution in [1.29, 1.82) is 0 Å². The van der Waals surface area contributed by atoms with Gasteiger partial charge in [-0.2, -0.15) is 0 Å². The SMILES string of the molecule is CCO/C=C/C(=O)c1c(Cl)cccc1Cl. The van der Waals surface area contributed by atoms with Crippen molar-refractivity contribution >= 4 is 29.0 Å². The molecule has 0 N–H and O–H groups in total. The molecule has 1 aromatic carbocycles. The monoisotopic (exact) mass is 244 g/mol. The summed E-state index contributed by atoms with van der Waals surface area (Å²) in [6, 6.07) is 4.93. The van der Waals surface area contributed by atoms with Crippen LogP contribution in [0, 0.1) is 0 Å². The van der Waals surface area contributed by atoms with E-state index in [-0.39, 0.29) is 5.78 Å².